The summed E-state index contributed by atoms with van der Waals surface area (Å²) in [5.74, 6) is 2.93. The first-order valence-electron chi connectivity index (χ1n) is 9.43. The Morgan fingerprint density at radius 3 is 2.70 bits per heavy atom. The average Bonchev–Trinajstić information content (AvgIpc) is 2.71. The minimum Gasteiger partial charge on any atom is -0.496 e. The Kier molecular flexibility index (Phi) is 6.46. The van der Waals surface area contributed by atoms with Gasteiger partial charge in [0.15, 0.2) is 0 Å². The van der Waals surface area contributed by atoms with E-state index in [4.69, 9.17) is 4.74 Å². The lowest BCUT2D eigenvalue weighted by Gasteiger charge is -2.28. The van der Waals surface area contributed by atoms with E-state index >= 15 is 0 Å². The molecule has 0 saturated carbocycles. The highest BCUT2D eigenvalue weighted by atomic mass is 16.5. The van der Waals surface area contributed by atoms with Crippen LogP contribution in [0.5, 0.6) is 5.75 Å². The molecule has 0 spiro atoms. The number of para-hydroxylation sites is 1. The van der Waals surface area contributed by atoms with E-state index in [0.29, 0.717) is 24.4 Å². The van der Waals surface area contributed by atoms with Gasteiger partial charge in [0.05, 0.1) is 12.7 Å². The van der Waals surface area contributed by atoms with Crippen LogP contribution in [0, 0.1) is 6.92 Å². The van der Waals surface area contributed by atoms with Gasteiger partial charge in [0.25, 0.3) is 5.91 Å². The fourth-order valence-electron chi connectivity index (χ4n) is 3.22. The molecule has 1 amide bonds. The zero-order valence-electron chi connectivity index (χ0n) is 16.0. The van der Waals surface area contributed by atoms with Gasteiger partial charge in [-0.15, -0.1) is 0 Å². The summed E-state index contributed by atoms with van der Waals surface area (Å²) >= 11 is 0. The minimum absolute atomic E-state index is 0.151. The van der Waals surface area contributed by atoms with E-state index in [2.05, 4.69) is 25.5 Å². The lowest BCUT2D eigenvalue weighted by molar-refractivity contribution is 0.0952. The molecule has 1 fully saturated rings. The highest BCUT2D eigenvalue weighted by Crippen LogP contribution is 2.20. The maximum atomic E-state index is 12.3. The Balaban J connectivity index is 1.53. The third-order valence-electron chi connectivity index (χ3n) is 4.57. The van der Waals surface area contributed by atoms with Gasteiger partial charge in [-0.05, 0) is 38.3 Å². The number of nitrogens with zero attached hydrogens (tertiary/aromatic N) is 3. The van der Waals surface area contributed by atoms with Crippen LogP contribution in [0.2, 0.25) is 0 Å². The molecular formula is C20H27N5O2. The number of carbonyl (C=O) groups excluding carboxylic acids is 1. The van der Waals surface area contributed by atoms with Gasteiger partial charge in [-0.1, -0.05) is 12.1 Å². The standard InChI is InChI=1S/C20H27N5O2/c1-15-23-18(14-19(24-15)25-12-6-3-7-13-25)21-10-11-22-20(26)16-8-4-5-9-17(16)27-2/h4-5,8-9,14H,3,6-7,10-13H2,1-2H3,(H,22,26)(H,21,23,24). The molecule has 1 aromatic heterocycles. The van der Waals surface area contributed by atoms with Crippen LogP contribution in [0.25, 0.3) is 0 Å². The van der Waals surface area contributed by atoms with Crippen molar-refractivity contribution in [1.82, 2.24) is 15.3 Å². The van der Waals surface area contributed by atoms with Gasteiger partial charge < -0.3 is 20.3 Å². The molecule has 0 radical (unpaired) electrons. The van der Waals surface area contributed by atoms with Gasteiger partial charge in [0.1, 0.15) is 23.2 Å². The van der Waals surface area contributed by atoms with Gasteiger partial charge in [0, 0.05) is 32.2 Å². The molecule has 144 valence electrons. The summed E-state index contributed by atoms with van der Waals surface area (Å²) in [7, 11) is 1.56. The molecule has 1 aliphatic heterocycles. The van der Waals surface area contributed by atoms with Crippen LogP contribution >= 0.6 is 0 Å². The second-order valence-electron chi connectivity index (χ2n) is 6.59. The number of ether oxygens (including phenoxy) is 1. The van der Waals surface area contributed by atoms with Crippen molar-refractivity contribution in [3.05, 3.63) is 41.7 Å². The van der Waals surface area contributed by atoms with Crippen molar-refractivity contribution in [2.45, 2.75) is 26.2 Å². The monoisotopic (exact) mass is 369 g/mol. The number of amides is 1. The lowest BCUT2D eigenvalue weighted by Crippen LogP contribution is -2.31. The Hall–Kier alpha value is -2.83. The zero-order chi connectivity index (χ0) is 19.1. The Labute approximate surface area is 160 Å². The molecule has 0 atom stereocenters. The van der Waals surface area contributed by atoms with Crippen molar-refractivity contribution < 1.29 is 9.53 Å². The van der Waals surface area contributed by atoms with E-state index in [1.165, 1.54) is 19.3 Å². The minimum atomic E-state index is -0.151. The molecule has 7 heteroatoms. The lowest BCUT2D eigenvalue weighted by atomic mass is 10.1. The highest BCUT2D eigenvalue weighted by Gasteiger charge is 2.14. The Bertz CT molecular complexity index is 775. The summed E-state index contributed by atoms with van der Waals surface area (Å²) in [5, 5.41) is 6.18. The number of hydrogen-bond acceptors (Lipinski definition) is 6. The molecule has 0 bridgehead atoms. The van der Waals surface area contributed by atoms with Gasteiger partial charge in [-0.3, -0.25) is 4.79 Å². The quantitative estimate of drug-likeness (QED) is 0.731. The Morgan fingerprint density at radius 1 is 1.15 bits per heavy atom. The molecule has 0 aliphatic carbocycles. The number of hydrogen-bond donors (Lipinski definition) is 2. The molecule has 2 aromatic rings. The van der Waals surface area contributed by atoms with Crippen molar-refractivity contribution in [3.8, 4) is 5.75 Å². The fourth-order valence-corrected chi connectivity index (χ4v) is 3.22. The van der Waals surface area contributed by atoms with Gasteiger partial charge in [0.2, 0.25) is 0 Å². The molecule has 1 aliphatic rings. The number of methoxy groups -OCH3 is 1. The van der Waals surface area contributed by atoms with Crippen molar-refractivity contribution in [1.29, 1.82) is 0 Å². The van der Waals surface area contributed by atoms with E-state index in [9.17, 15) is 4.79 Å². The van der Waals surface area contributed by atoms with Crippen LogP contribution in [0.1, 0.15) is 35.4 Å². The zero-order valence-corrected chi connectivity index (χ0v) is 16.0. The SMILES string of the molecule is COc1ccccc1C(=O)NCCNc1cc(N2CCCCC2)nc(C)n1. The number of piperidine rings is 1. The average molecular weight is 369 g/mol. The fraction of sp³-hybridized carbons (Fsp3) is 0.450. The van der Waals surface area contributed by atoms with Crippen LogP contribution in [0.4, 0.5) is 11.6 Å². The predicted octanol–water partition coefficient (Wildman–Crippen LogP) is 2.63. The third-order valence-corrected chi connectivity index (χ3v) is 4.57. The molecule has 27 heavy (non-hydrogen) atoms. The van der Waals surface area contributed by atoms with Crippen molar-refractivity contribution in [2.75, 3.05) is 43.5 Å². The predicted molar refractivity (Wildman–Crippen MR) is 107 cm³/mol. The van der Waals surface area contributed by atoms with Crippen LogP contribution in [-0.2, 0) is 0 Å². The molecule has 2 heterocycles. The van der Waals surface area contributed by atoms with Gasteiger partial charge >= 0.3 is 0 Å². The normalized spacial score (nSPS) is 13.9. The molecular weight excluding hydrogens is 342 g/mol. The number of nitrogens with one attached hydrogen (secondary N) is 2. The summed E-state index contributed by atoms with van der Waals surface area (Å²) < 4.78 is 5.23. The molecule has 7 nitrogen and oxygen atoms in total. The molecule has 1 aromatic carbocycles. The molecule has 0 unspecified atom stereocenters. The summed E-state index contributed by atoms with van der Waals surface area (Å²) in [6.07, 6.45) is 3.71. The molecule has 3 rings (SSSR count). The smallest absolute Gasteiger partial charge is 0.255 e. The van der Waals surface area contributed by atoms with Crippen molar-refractivity contribution in [3.63, 3.8) is 0 Å². The van der Waals surface area contributed by atoms with Gasteiger partial charge in [-0.2, -0.15) is 0 Å². The number of aryl methyl sites for hydroxylation is 1. The summed E-state index contributed by atoms with van der Waals surface area (Å²) in [6, 6.07) is 9.18. The van der Waals surface area contributed by atoms with Crippen molar-refractivity contribution >= 4 is 17.5 Å². The van der Waals surface area contributed by atoms with Crippen molar-refractivity contribution in [2.24, 2.45) is 0 Å². The summed E-state index contributed by atoms with van der Waals surface area (Å²) in [6.45, 7) is 5.06. The number of carbonyl (C=O) groups is 1. The first kappa shape index (κ1) is 18.9. The van der Waals surface area contributed by atoms with Crippen LogP contribution in [-0.4, -0.2) is 49.2 Å². The largest absolute Gasteiger partial charge is 0.496 e. The van der Waals surface area contributed by atoms with E-state index in [0.717, 1.165) is 30.5 Å². The third kappa shape index (κ3) is 5.09. The van der Waals surface area contributed by atoms with E-state index in [1.807, 2.05) is 25.1 Å². The van der Waals surface area contributed by atoms with E-state index < -0.39 is 0 Å². The Morgan fingerprint density at radius 2 is 1.93 bits per heavy atom. The summed E-state index contributed by atoms with van der Waals surface area (Å²) in [5.41, 5.74) is 0.533. The van der Waals surface area contributed by atoms with E-state index in [-0.39, 0.29) is 5.91 Å². The highest BCUT2D eigenvalue weighted by molar-refractivity contribution is 5.96. The van der Waals surface area contributed by atoms with Gasteiger partial charge in [-0.25, -0.2) is 9.97 Å². The number of rotatable bonds is 7. The first-order valence-corrected chi connectivity index (χ1v) is 9.43. The van der Waals surface area contributed by atoms with Crippen LogP contribution in [0.15, 0.2) is 30.3 Å². The van der Waals surface area contributed by atoms with E-state index in [1.54, 1.807) is 19.2 Å². The molecule has 2 N–H and O–H groups in total. The van der Waals surface area contributed by atoms with Crippen LogP contribution < -0.4 is 20.3 Å². The maximum absolute atomic E-state index is 12.3. The number of aromatic nitrogens is 2. The number of benzene rings is 1. The first-order chi connectivity index (χ1) is 13.2. The second-order valence-corrected chi connectivity index (χ2v) is 6.59. The second kappa shape index (κ2) is 9.21. The van der Waals surface area contributed by atoms with Crippen LogP contribution in [0.3, 0.4) is 0 Å². The molecule has 1 saturated heterocycles. The topological polar surface area (TPSA) is 79.4 Å². The summed E-state index contributed by atoms with van der Waals surface area (Å²) in [4.78, 5) is 23.6. The maximum Gasteiger partial charge on any atom is 0.255 e. The number of anilines is 2.